The van der Waals surface area contributed by atoms with Crippen LogP contribution >= 0.6 is 11.6 Å². The number of aromatic amines is 1. The fraction of sp³-hybridized carbons (Fsp3) is 0.400. The Morgan fingerprint density at radius 2 is 1.87 bits per heavy atom. The van der Waals surface area contributed by atoms with Gasteiger partial charge in [-0.25, -0.2) is 0 Å². The van der Waals surface area contributed by atoms with Gasteiger partial charge < -0.3 is 14.5 Å². The number of aryl methyl sites for hydroxylation is 1. The summed E-state index contributed by atoms with van der Waals surface area (Å²) in [5, 5.41) is 5.37. The molecule has 0 aliphatic heterocycles. The van der Waals surface area contributed by atoms with Gasteiger partial charge in [-0.15, -0.1) is 0 Å². The van der Waals surface area contributed by atoms with Crippen molar-refractivity contribution >= 4 is 44.4 Å². The lowest BCUT2D eigenvalue weighted by atomic mass is 10.1. The van der Waals surface area contributed by atoms with Crippen LogP contribution in [0, 0.1) is 0 Å². The number of pyridine rings is 1. The molecule has 2 aromatic heterocycles. The highest BCUT2D eigenvalue weighted by Crippen LogP contribution is 2.27. The molecule has 0 bridgehead atoms. The van der Waals surface area contributed by atoms with Crippen LogP contribution in [0.5, 0.6) is 0 Å². The predicted octanol–water partition coefficient (Wildman–Crippen LogP) is 5.88. The topological polar surface area (TPSA) is 36.3 Å². The van der Waals surface area contributed by atoms with Crippen molar-refractivity contribution in [3.8, 4) is 0 Å². The third-order valence-electron chi connectivity index (χ3n) is 6.17. The summed E-state index contributed by atoms with van der Waals surface area (Å²) in [4.78, 5) is 11.3. The summed E-state index contributed by atoms with van der Waals surface area (Å²) in [5.74, 6) is 0. The molecule has 4 aromatic rings. The average molecular weight is 423 g/mol. The number of hydrogen-bond donors (Lipinski definition) is 1. The maximum Gasteiger partial charge on any atom is 0.120 e. The highest BCUT2D eigenvalue weighted by atomic mass is 35.5. The molecule has 0 saturated carbocycles. The number of nitrogens with one attached hydrogen (secondary N) is 1. The van der Waals surface area contributed by atoms with Crippen LogP contribution in [0.2, 0.25) is 5.02 Å². The number of halogens is 1. The first-order chi connectivity index (χ1) is 14.5. The van der Waals surface area contributed by atoms with E-state index in [9.17, 15) is 0 Å². The first-order valence-electron chi connectivity index (χ1n) is 11.0. The molecule has 0 radical (unpaired) electrons. The summed E-state index contributed by atoms with van der Waals surface area (Å²) in [6.07, 6.45) is 2.24. The first-order valence-corrected chi connectivity index (χ1v) is 11.4. The molecule has 1 unspecified atom stereocenters. The molecule has 0 amide bonds. The molecule has 0 aliphatic rings. The average Bonchev–Trinajstić information content (AvgIpc) is 3.14. The Morgan fingerprint density at radius 1 is 1.10 bits per heavy atom. The van der Waals surface area contributed by atoms with Gasteiger partial charge in [0.2, 0.25) is 0 Å². The Kier molecular flexibility index (Phi) is 6.16. The standard InChI is InChI=1S/C25H31ClN4/c1-5-30(6-2)15-9-10-17(3)27-24-20-14-13-18(26)16-22(20)29(4)25-23(24)19-11-7-8-12-21(19)28-25/h7-8,11-14,16-17,28H,5-6,9-10,15H2,1-4H3. The lowest BCUT2D eigenvalue weighted by Crippen LogP contribution is -2.24. The fourth-order valence-electron chi connectivity index (χ4n) is 4.43. The van der Waals surface area contributed by atoms with Gasteiger partial charge in [0.1, 0.15) is 5.65 Å². The van der Waals surface area contributed by atoms with E-state index in [0.29, 0.717) is 0 Å². The Bertz CT molecular complexity index is 1250. The molecule has 1 N–H and O–H groups in total. The highest BCUT2D eigenvalue weighted by molar-refractivity contribution is 6.31. The second-order valence-electron chi connectivity index (χ2n) is 8.11. The van der Waals surface area contributed by atoms with Gasteiger partial charge in [-0.1, -0.05) is 43.6 Å². The van der Waals surface area contributed by atoms with E-state index in [2.05, 4.69) is 72.6 Å². The van der Waals surface area contributed by atoms with Gasteiger partial charge in [-0.05, 0) is 63.7 Å². The number of aromatic nitrogens is 2. The van der Waals surface area contributed by atoms with Crippen molar-refractivity contribution in [3.05, 3.63) is 52.8 Å². The van der Waals surface area contributed by atoms with Crippen molar-refractivity contribution in [2.45, 2.75) is 39.7 Å². The second kappa shape index (κ2) is 8.83. The van der Waals surface area contributed by atoms with Crippen LogP contribution in [0.15, 0.2) is 47.5 Å². The molecule has 4 nitrogen and oxygen atoms in total. The largest absolute Gasteiger partial charge is 0.341 e. The molecule has 4 rings (SSSR count). The number of fused-ring (bicyclic) bond motifs is 4. The fourth-order valence-corrected chi connectivity index (χ4v) is 4.59. The molecule has 0 saturated heterocycles. The lowest BCUT2D eigenvalue weighted by molar-refractivity contribution is 0.294. The van der Waals surface area contributed by atoms with E-state index in [-0.39, 0.29) is 6.04 Å². The highest BCUT2D eigenvalue weighted by Gasteiger charge is 2.14. The molecule has 0 spiro atoms. The summed E-state index contributed by atoms with van der Waals surface area (Å²) in [6.45, 7) is 10.0. The molecule has 158 valence electrons. The summed E-state index contributed by atoms with van der Waals surface area (Å²) >= 11 is 6.35. The van der Waals surface area contributed by atoms with Gasteiger partial charge in [0.05, 0.1) is 16.3 Å². The van der Waals surface area contributed by atoms with E-state index in [1.807, 2.05) is 12.1 Å². The Morgan fingerprint density at radius 3 is 2.63 bits per heavy atom. The van der Waals surface area contributed by atoms with Crippen molar-refractivity contribution < 1.29 is 0 Å². The van der Waals surface area contributed by atoms with E-state index in [1.165, 1.54) is 10.8 Å². The van der Waals surface area contributed by atoms with Crippen LogP contribution in [0.1, 0.15) is 33.6 Å². The zero-order valence-corrected chi connectivity index (χ0v) is 19.1. The van der Waals surface area contributed by atoms with Crippen LogP contribution in [0.25, 0.3) is 32.8 Å². The Hall–Kier alpha value is -2.30. The van der Waals surface area contributed by atoms with E-state index < -0.39 is 0 Å². The normalized spacial score (nSPS) is 13.9. The maximum absolute atomic E-state index is 6.35. The van der Waals surface area contributed by atoms with Crippen molar-refractivity contribution in [1.29, 1.82) is 0 Å². The molecule has 0 fully saturated rings. The maximum atomic E-state index is 6.35. The SMILES string of the molecule is CCN(CC)CCCC(C)N=c1c2ccc(Cl)cc2n(C)c2[nH]c3ccccc3c12. The van der Waals surface area contributed by atoms with Crippen molar-refractivity contribution in [3.63, 3.8) is 0 Å². The molecule has 2 heterocycles. The van der Waals surface area contributed by atoms with Gasteiger partial charge in [-0.2, -0.15) is 0 Å². The number of para-hydroxylation sites is 1. The van der Waals surface area contributed by atoms with Crippen LogP contribution in [-0.4, -0.2) is 40.1 Å². The van der Waals surface area contributed by atoms with Crippen molar-refractivity contribution in [2.24, 2.45) is 12.0 Å². The van der Waals surface area contributed by atoms with E-state index in [0.717, 1.165) is 64.9 Å². The molecule has 5 heteroatoms. The van der Waals surface area contributed by atoms with Gasteiger partial charge in [0.15, 0.2) is 0 Å². The molecule has 0 aliphatic carbocycles. The second-order valence-corrected chi connectivity index (χ2v) is 8.55. The Balaban J connectivity index is 1.88. The zero-order valence-electron chi connectivity index (χ0n) is 18.4. The van der Waals surface area contributed by atoms with E-state index in [4.69, 9.17) is 16.6 Å². The summed E-state index contributed by atoms with van der Waals surface area (Å²) < 4.78 is 2.20. The molecule has 2 aromatic carbocycles. The van der Waals surface area contributed by atoms with E-state index in [1.54, 1.807) is 0 Å². The lowest BCUT2D eigenvalue weighted by Gasteiger charge is -2.18. The predicted molar refractivity (Wildman–Crippen MR) is 129 cm³/mol. The summed E-state index contributed by atoms with van der Waals surface area (Å²) in [5.41, 5.74) is 3.31. The number of nitrogens with zero attached hydrogens (tertiary/aromatic N) is 3. The third kappa shape index (κ3) is 3.86. The number of benzene rings is 2. The van der Waals surface area contributed by atoms with Gasteiger partial charge in [0.25, 0.3) is 0 Å². The van der Waals surface area contributed by atoms with E-state index >= 15 is 0 Å². The van der Waals surface area contributed by atoms with Gasteiger partial charge in [0, 0.05) is 34.4 Å². The van der Waals surface area contributed by atoms with Crippen LogP contribution < -0.4 is 5.36 Å². The number of H-pyrrole nitrogens is 1. The molecular formula is C25H31ClN4. The van der Waals surface area contributed by atoms with Crippen LogP contribution in [0.4, 0.5) is 0 Å². The minimum absolute atomic E-state index is 0.254. The minimum atomic E-state index is 0.254. The summed E-state index contributed by atoms with van der Waals surface area (Å²) in [7, 11) is 2.09. The van der Waals surface area contributed by atoms with Crippen LogP contribution in [0.3, 0.4) is 0 Å². The molecule has 1 atom stereocenters. The van der Waals surface area contributed by atoms with Crippen molar-refractivity contribution in [2.75, 3.05) is 19.6 Å². The molecule has 30 heavy (non-hydrogen) atoms. The molecular weight excluding hydrogens is 392 g/mol. The third-order valence-corrected chi connectivity index (χ3v) is 6.41. The number of rotatable bonds is 7. The quantitative estimate of drug-likeness (QED) is 0.396. The first kappa shape index (κ1) is 21.0. The van der Waals surface area contributed by atoms with Gasteiger partial charge >= 0.3 is 0 Å². The smallest absolute Gasteiger partial charge is 0.120 e. The monoisotopic (exact) mass is 422 g/mol. The Labute approximate surface area is 183 Å². The summed E-state index contributed by atoms with van der Waals surface area (Å²) in [6, 6.07) is 14.8. The zero-order chi connectivity index (χ0) is 21.3. The number of hydrogen-bond acceptors (Lipinski definition) is 2. The van der Waals surface area contributed by atoms with Gasteiger partial charge in [-0.3, -0.25) is 4.99 Å². The van der Waals surface area contributed by atoms with Crippen molar-refractivity contribution in [1.82, 2.24) is 14.5 Å². The minimum Gasteiger partial charge on any atom is -0.341 e. The van der Waals surface area contributed by atoms with Crippen LogP contribution in [-0.2, 0) is 7.05 Å².